The molecule has 1 amide bonds. The van der Waals surface area contributed by atoms with Gasteiger partial charge in [0.25, 0.3) is 0 Å². The number of amides is 1. The highest BCUT2D eigenvalue weighted by Crippen LogP contribution is 2.24. The number of anilines is 2. The average molecular weight is 514 g/mol. The zero-order valence-electron chi connectivity index (χ0n) is 21.2. The molecule has 0 bridgehead atoms. The van der Waals surface area contributed by atoms with E-state index < -0.39 is 10.0 Å². The van der Waals surface area contributed by atoms with E-state index in [-0.39, 0.29) is 17.2 Å². The van der Waals surface area contributed by atoms with Crippen LogP contribution in [0.3, 0.4) is 0 Å². The van der Waals surface area contributed by atoms with Crippen LogP contribution in [0.1, 0.15) is 33.0 Å². The number of rotatable bonds is 10. The molecule has 0 radical (unpaired) electrons. The van der Waals surface area contributed by atoms with Gasteiger partial charge in [-0.2, -0.15) is 4.31 Å². The lowest BCUT2D eigenvalue weighted by molar-refractivity contribution is -0.116. The van der Waals surface area contributed by atoms with Gasteiger partial charge in [-0.15, -0.1) is 0 Å². The van der Waals surface area contributed by atoms with E-state index in [9.17, 15) is 13.2 Å². The van der Waals surface area contributed by atoms with Crippen molar-refractivity contribution in [2.45, 2.75) is 45.1 Å². The zero-order valence-corrected chi connectivity index (χ0v) is 22.1. The summed E-state index contributed by atoms with van der Waals surface area (Å²) < 4.78 is 34.7. The third-order valence-corrected chi connectivity index (χ3v) is 8.61. The Bertz CT molecular complexity index is 1290. The number of aromatic nitrogens is 2. The first-order valence-corrected chi connectivity index (χ1v) is 14.0. The maximum atomic E-state index is 12.9. The molecule has 1 N–H and O–H groups in total. The van der Waals surface area contributed by atoms with E-state index in [0.717, 1.165) is 49.0 Å². The van der Waals surface area contributed by atoms with Crippen LogP contribution in [0.4, 0.5) is 11.4 Å². The number of hydrogen-bond donors (Lipinski definition) is 1. The number of imidazole rings is 1. The number of nitrogens with one attached hydrogen (secondary N) is 1. The number of benzene rings is 2. The van der Waals surface area contributed by atoms with Crippen LogP contribution in [0.2, 0.25) is 0 Å². The molecule has 3 aromatic rings. The van der Waals surface area contributed by atoms with Crippen LogP contribution in [-0.4, -0.2) is 67.6 Å². The van der Waals surface area contributed by atoms with Gasteiger partial charge in [-0.05, 0) is 49.4 Å². The van der Waals surface area contributed by atoms with Gasteiger partial charge in [0.2, 0.25) is 15.9 Å². The monoisotopic (exact) mass is 513 g/mol. The van der Waals surface area contributed by atoms with E-state index in [1.165, 1.54) is 4.31 Å². The second-order valence-corrected chi connectivity index (χ2v) is 10.6. The number of nitrogens with zero attached hydrogens (tertiary/aromatic N) is 4. The van der Waals surface area contributed by atoms with Crippen LogP contribution < -0.4 is 10.2 Å². The highest BCUT2D eigenvalue weighted by atomic mass is 32.2. The van der Waals surface area contributed by atoms with Crippen molar-refractivity contribution in [3.63, 3.8) is 0 Å². The van der Waals surface area contributed by atoms with E-state index in [1.54, 1.807) is 12.1 Å². The molecule has 4 rings (SSSR count). The van der Waals surface area contributed by atoms with Crippen molar-refractivity contribution in [3.8, 4) is 0 Å². The smallest absolute Gasteiger partial charge is 0.243 e. The third kappa shape index (κ3) is 5.55. The molecule has 2 aromatic carbocycles. The van der Waals surface area contributed by atoms with Gasteiger partial charge in [-0.3, -0.25) is 4.79 Å². The second-order valence-electron chi connectivity index (χ2n) is 8.71. The Balaban J connectivity index is 1.43. The Morgan fingerprint density at radius 3 is 2.39 bits per heavy atom. The number of ether oxygens (including phenoxy) is 1. The summed E-state index contributed by atoms with van der Waals surface area (Å²) in [6, 6.07) is 12.9. The first-order chi connectivity index (χ1) is 17.4. The summed E-state index contributed by atoms with van der Waals surface area (Å²) in [6.07, 6.45) is 0.734. The quantitative estimate of drug-likeness (QED) is 0.446. The van der Waals surface area contributed by atoms with Gasteiger partial charge in [0.15, 0.2) is 0 Å². The summed E-state index contributed by atoms with van der Waals surface area (Å²) in [5.41, 5.74) is 3.37. The number of sulfonamides is 1. The summed E-state index contributed by atoms with van der Waals surface area (Å²) in [7, 11) is -3.56. The first kappa shape index (κ1) is 26.1. The molecule has 0 saturated carbocycles. The Kier molecular flexibility index (Phi) is 8.28. The molecule has 1 aliphatic rings. The summed E-state index contributed by atoms with van der Waals surface area (Å²) >= 11 is 0. The Labute approximate surface area is 213 Å². The predicted molar refractivity (Wildman–Crippen MR) is 142 cm³/mol. The van der Waals surface area contributed by atoms with Gasteiger partial charge >= 0.3 is 0 Å². The number of fused-ring (bicyclic) bond motifs is 1. The number of aryl methyl sites for hydroxylation is 2. The van der Waals surface area contributed by atoms with Crippen LogP contribution in [0.5, 0.6) is 0 Å². The van der Waals surface area contributed by atoms with Gasteiger partial charge in [0.1, 0.15) is 5.82 Å². The van der Waals surface area contributed by atoms with Crippen molar-refractivity contribution in [3.05, 3.63) is 48.3 Å². The maximum absolute atomic E-state index is 12.9. The maximum Gasteiger partial charge on any atom is 0.243 e. The third-order valence-electron chi connectivity index (χ3n) is 6.56. The van der Waals surface area contributed by atoms with Crippen LogP contribution in [0.15, 0.2) is 47.4 Å². The van der Waals surface area contributed by atoms with Crippen molar-refractivity contribution in [2.24, 2.45) is 0 Å². The standard InChI is InChI=1S/C26H35N5O4S/c1-4-30(5-2)36(33,34)22-11-12-24-23(19-22)28-25(31(24)6-3)13-14-26(32)27-20-7-9-21(10-8-20)29-15-17-35-18-16-29/h7-12,19H,4-6,13-18H2,1-3H3,(H,27,32). The van der Waals surface area contributed by atoms with Gasteiger partial charge in [0.05, 0.1) is 29.1 Å². The Hall–Kier alpha value is -2.95. The molecule has 1 aliphatic heterocycles. The fourth-order valence-electron chi connectivity index (χ4n) is 4.60. The minimum Gasteiger partial charge on any atom is -0.378 e. The number of hydrogen-bond acceptors (Lipinski definition) is 6. The van der Waals surface area contributed by atoms with E-state index in [0.29, 0.717) is 31.6 Å². The topological polar surface area (TPSA) is 96.8 Å². The number of carbonyl (C=O) groups is 1. The van der Waals surface area contributed by atoms with Crippen LogP contribution in [0.25, 0.3) is 11.0 Å². The summed E-state index contributed by atoms with van der Waals surface area (Å²) in [5.74, 6) is 0.677. The van der Waals surface area contributed by atoms with Gasteiger partial charge in [0, 0.05) is 56.9 Å². The minimum atomic E-state index is -3.56. The lowest BCUT2D eigenvalue weighted by Crippen LogP contribution is -2.36. The SMILES string of the molecule is CCN(CC)S(=O)(=O)c1ccc2c(c1)nc(CCC(=O)Nc1ccc(N3CCOCC3)cc1)n2CC. The van der Waals surface area contributed by atoms with Gasteiger partial charge < -0.3 is 19.5 Å². The van der Waals surface area contributed by atoms with Crippen molar-refractivity contribution in [1.82, 2.24) is 13.9 Å². The molecule has 10 heteroatoms. The molecular weight excluding hydrogens is 478 g/mol. The van der Waals surface area contributed by atoms with E-state index in [1.807, 2.05) is 55.7 Å². The first-order valence-electron chi connectivity index (χ1n) is 12.6. The van der Waals surface area contributed by atoms with E-state index in [4.69, 9.17) is 9.72 Å². The fourth-order valence-corrected chi connectivity index (χ4v) is 6.08. The summed E-state index contributed by atoms with van der Waals surface area (Å²) in [6.45, 7) is 10.4. The van der Waals surface area contributed by atoms with Crippen LogP contribution in [0, 0.1) is 0 Å². The normalized spacial score (nSPS) is 14.5. The molecule has 1 fully saturated rings. The average Bonchev–Trinajstić information content (AvgIpc) is 3.26. The van der Waals surface area contributed by atoms with Crippen molar-refractivity contribution >= 4 is 38.3 Å². The van der Waals surface area contributed by atoms with Gasteiger partial charge in [-0.25, -0.2) is 13.4 Å². The summed E-state index contributed by atoms with van der Waals surface area (Å²) in [4.78, 5) is 19.9. The molecule has 1 saturated heterocycles. The molecule has 0 unspecified atom stereocenters. The highest BCUT2D eigenvalue weighted by Gasteiger charge is 2.23. The summed E-state index contributed by atoms with van der Waals surface area (Å²) in [5, 5.41) is 2.96. The molecule has 0 atom stereocenters. The van der Waals surface area contributed by atoms with Crippen molar-refractivity contribution in [2.75, 3.05) is 49.6 Å². The molecule has 0 spiro atoms. The molecular formula is C26H35N5O4S. The minimum absolute atomic E-state index is 0.0892. The molecule has 2 heterocycles. The largest absolute Gasteiger partial charge is 0.378 e. The van der Waals surface area contributed by atoms with Crippen molar-refractivity contribution < 1.29 is 17.9 Å². The van der Waals surface area contributed by atoms with Crippen LogP contribution in [-0.2, 0) is 32.5 Å². The second kappa shape index (κ2) is 11.4. The molecule has 0 aliphatic carbocycles. The number of carbonyl (C=O) groups excluding carboxylic acids is 1. The molecule has 9 nitrogen and oxygen atoms in total. The lowest BCUT2D eigenvalue weighted by atomic mass is 10.2. The molecule has 36 heavy (non-hydrogen) atoms. The zero-order chi connectivity index (χ0) is 25.7. The van der Waals surface area contributed by atoms with Crippen LogP contribution >= 0.6 is 0 Å². The Morgan fingerprint density at radius 2 is 1.75 bits per heavy atom. The van der Waals surface area contributed by atoms with Crippen molar-refractivity contribution in [1.29, 1.82) is 0 Å². The Morgan fingerprint density at radius 1 is 1.06 bits per heavy atom. The van der Waals surface area contributed by atoms with E-state index >= 15 is 0 Å². The predicted octanol–water partition coefficient (Wildman–Crippen LogP) is 3.49. The number of morpholine rings is 1. The molecule has 194 valence electrons. The molecule has 1 aromatic heterocycles. The van der Waals surface area contributed by atoms with E-state index in [2.05, 4.69) is 10.2 Å². The highest BCUT2D eigenvalue weighted by molar-refractivity contribution is 7.89. The van der Waals surface area contributed by atoms with Gasteiger partial charge in [-0.1, -0.05) is 13.8 Å². The fraction of sp³-hybridized carbons (Fsp3) is 0.462. The lowest BCUT2D eigenvalue weighted by Gasteiger charge is -2.28.